The average Bonchev–Trinajstić information content (AvgIpc) is 3.06. The summed E-state index contributed by atoms with van der Waals surface area (Å²) in [7, 11) is 1.81. The van der Waals surface area contributed by atoms with Gasteiger partial charge in [-0.1, -0.05) is 19.8 Å². The predicted octanol–water partition coefficient (Wildman–Crippen LogP) is 1.72. The number of hydrogen-bond donors (Lipinski definition) is 2. The molecule has 2 fully saturated rings. The first kappa shape index (κ1) is 18.4. The van der Waals surface area contributed by atoms with Gasteiger partial charge in [-0.15, -0.1) is 0 Å². The fourth-order valence-corrected chi connectivity index (χ4v) is 4.36. The number of rotatable bonds is 3. The van der Waals surface area contributed by atoms with Crippen molar-refractivity contribution in [3.8, 4) is 0 Å². The second kappa shape index (κ2) is 6.57. The van der Waals surface area contributed by atoms with Crippen molar-refractivity contribution >= 4 is 34.6 Å². The molecule has 2 unspecified atom stereocenters. The Kier molecular flexibility index (Phi) is 4.32. The Balaban J connectivity index is 1.48. The molecule has 28 heavy (non-hydrogen) atoms. The molecule has 4 amide bonds. The van der Waals surface area contributed by atoms with Crippen LogP contribution < -0.4 is 10.6 Å². The van der Waals surface area contributed by atoms with Gasteiger partial charge in [0.05, 0.1) is 17.6 Å². The van der Waals surface area contributed by atoms with Gasteiger partial charge in [-0.05, 0) is 31.7 Å². The Bertz CT molecular complexity index is 983. The Labute approximate surface area is 162 Å². The molecule has 0 aromatic carbocycles. The molecule has 1 aliphatic heterocycles. The zero-order valence-electron chi connectivity index (χ0n) is 16.3. The molecule has 2 aromatic rings. The van der Waals surface area contributed by atoms with Crippen LogP contribution in [0.5, 0.6) is 0 Å². The Morgan fingerprint density at radius 1 is 1.39 bits per heavy atom. The molecular weight excluding hydrogens is 360 g/mol. The van der Waals surface area contributed by atoms with Gasteiger partial charge in [-0.3, -0.25) is 19.2 Å². The summed E-state index contributed by atoms with van der Waals surface area (Å²) in [5.74, 6) is -0.672. The minimum absolute atomic E-state index is 0.0610. The number of aryl methyl sites for hydroxylation is 2. The molecule has 2 aromatic heterocycles. The molecule has 9 heteroatoms. The van der Waals surface area contributed by atoms with Crippen molar-refractivity contribution in [2.75, 3.05) is 11.9 Å². The van der Waals surface area contributed by atoms with Crippen molar-refractivity contribution in [3.63, 3.8) is 0 Å². The van der Waals surface area contributed by atoms with E-state index in [0.717, 1.165) is 40.9 Å². The lowest BCUT2D eigenvalue weighted by atomic mass is 9.73. The molecule has 1 spiro atoms. The third-order valence-electron chi connectivity index (χ3n) is 5.95. The summed E-state index contributed by atoms with van der Waals surface area (Å²) in [6.07, 6.45) is 5.00. The highest BCUT2D eigenvalue weighted by Crippen LogP contribution is 2.38. The normalized spacial score (nSPS) is 24.8. The lowest BCUT2D eigenvalue weighted by Crippen LogP contribution is -2.54. The van der Waals surface area contributed by atoms with Crippen LogP contribution in [0.4, 0.5) is 10.5 Å². The van der Waals surface area contributed by atoms with Gasteiger partial charge in [-0.25, -0.2) is 9.78 Å². The van der Waals surface area contributed by atoms with Gasteiger partial charge in [0, 0.05) is 12.4 Å². The molecule has 0 bridgehead atoms. The van der Waals surface area contributed by atoms with E-state index in [1.54, 1.807) is 17.8 Å². The van der Waals surface area contributed by atoms with Crippen molar-refractivity contribution in [2.24, 2.45) is 13.0 Å². The van der Waals surface area contributed by atoms with E-state index in [1.807, 2.05) is 13.8 Å². The van der Waals surface area contributed by atoms with Gasteiger partial charge in [-0.2, -0.15) is 5.10 Å². The van der Waals surface area contributed by atoms with Gasteiger partial charge in [0.25, 0.3) is 5.91 Å². The van der Waals surface area contributed by atoms with Crippen LogP contribution in [0.25, 0.3) is 11.0 Å². The van der Waals surface area contributed by atoms with Crippen molar-refractivity contribution < 1.29 is 14.4 Å². The fraction of sp³-hybridized carbons (Fsp3) is 0.526. The summed E-state index contributed by atoms with van der Waals surface area (Å²) in [6.45, 7) is 3.54. The van der Waals surface area contributed by atoms with E-state index in [2.05, 4.69) is 20.7 Å². The van der Waals surface area contributed by atoms with Gasteiger partial charge >= 0.3 is 6.03 Å². The topological polar surface area (TPSA) is 109 Å². The second-order valence-corrected chi connectivity index (χ2v) is 7.79. The number of urea groups is 1. The summed E-state index contributed by atoms with van der Waals surface area (Å²) in [5.41, 5.74) is 1.17. The van der Waals surface area contributed by atoms with Crippen LogP contribution in [0.15, 0.2) is 12.3 Å². The Morgan fingerprint density at radius 3 is 2.93 bits per heavy atom. The summed E-state index contributed by atoms with van der Waals surface area (Å²) in [4.78, 5) is 43.2. The molecule has 0 radical (unpaired) electrons. The molecule has 2 atom stereocenters. The number of aromatic nitrogens is 3. The van der Waals surface area contributed by atoms with Gasteiger partial charge < -0.3 is 10.6 Å². The summed E-state index contributed by atoms with van der Waals surface area (Å²) < 4.78 is 1.67. The number of nitrogens with one attached hydrogen (secondary N) is 2. The summed E-state index contributed by atoms with van der Waals surface area (Å²) >= 11 is 0. The van der Waals surface area contributed by atoms with Crippen molar-refractivity contribution in [1.82, 2.24) is 25.0 Å². The first-order valence-electron chi connectivity index (χ1n) is 9.55. The summed E-state index contributed by atoms with van der Waals surface area (Å²) in [6, 6.07) is 1.30. The average molecular weight is 384 g/mol. The monoisotopic (exact) mass is 384 g/mol. The van der Waals surface area contributed by atoms with Crippen LogP contribution in [0.2, 0.25) is 0 Å². The number of pyridine rings is 1. The maximum Gasteiger partial charge on any atom is 0.325 e. The van der Waals surface area contributed by atoms with E-state index in [1.165, 1.54) is 6.20 Å². The van der Waals surface area contributed by atoms with Crippen molar-refractivity contribution in [2.45, 2.75) is 45.1 Å². The van der Waals surface area contributed by atoms with E-state index in [9.17, 15) is 14.4 Å². The highest BCUT2D eigenvalue weighted by atomic mass is 16.2. The highest BCUT2D eigenvalue weighted by Gasteiger charge is 2.55. The zero-order chi connectivity index (χ0) is 20.1. The van der Waals surface area contributed by atoms with Gasteiger partial charge in [0.1, 0.15) is 12.1 Å². The maximum absolute atomic E-state index is 13.0. The van der Waals surface area contributed by atoms with Gasteiger partial charge in [0.15, 0.2) is 5.65 Å². The third-order valence-corrected chi connectivity index (χ3v) is 5.95. The first-order valence-corrected chi connectivity index (χ1v) is 9.55. The zero-order valence-corrected chi connectivity index (χ0v) is 16.3. The van der Waals surface area contributed by atoms with Crippen molar-refractivity contribution in [3.05, 3.63) is 18.0 Å². The molecule has 1 aliphatic carbocycles. The van der Waals surface area contributed by atoms with E-state index in [4.69, 9.17) is 0 Å². The fourth-order valence-electron chi connectivity index (χ4n) is 4.36. The Hall–Kier alpha value is -2.97. The number of imide groups is 1. The van der Waals surface area contributed by atoms with Crippen LogP contribution in [0.1, 0.15) is 38.3 Å². The molecule has 1 saturated heterocycles. The number of amides is 4. The van der Waals surface area contributed by atoms with Crippen LogP contribution in [0, 0.1) is 12.8 Å². The van der Waals surface area contributed by atoms with Gasteiger partial charge in [0.2, 0.25) is 5.91 Å². The molecule has 4 rings (SSSR count). The number of carbonyl (C=O) groups excluding carboxylic acids is 3. The molecule has 9 nitrogen and oxygen atoms in total. The lowest BCUT2D eigenvalue weighted by molar-refractivity contribution is -0.136. The molecule has 2 N–H and O–H groups in total. The minimum atomic E-state index is -0.858. The quantitative estimate of drug-likeness (QED) is 0.783. The van der Waals surface area contributed by atoms with Crippen LogP contribution in [-0.4, -0.2) is 49.6 Å². The lowest BCUT2D eigenvalue weighted by Gasteiger charge is -2.36. The third kappa shape index (κ3) is 2.81. The molecule has 148 valence electrons. The SMILES string of the molecule is Cc1nn(C)c2ncc(NC(=O)CN3C(=O)NC4(CCCCC4C)C3=O)cc12. The van der Waals surface area contributed by atoms with E-state index in [0.29, 0.717) is 12.1 Å². The number of hydrogen-bond acceptors (Lipinski definition) is 5. The largest absolute Gasteiger partial charge is 0.325 e. The smallest absolute Gasteiger partial charge is 0.323 e. The van der Waals surface area contributed by atoms with Crippen LogP contribution >= 0.6 is 0 Å². The number of fused-ring (bicyclic) bond motifs is 1. The number of carbonyl (C=O) groups is 3. The summed E-state index contributed by atoms with van der Waals surface area (Å²) in [5, 5.41) is 10.7. The van der Waals surface area contributed by atoms with E-state index in [-0.39, 0.29) is 18.4 Å². The van der Waals surface area contributed by atoms with Crippen LogP contribution in [-0.2, 0) is 16.6 Å². The number of anilines is 1. The number of nitrogens with zero attached hydrogens (tertiary/aromatic N) is 4. The first-order chi connectivity index (χ1) is 13.3. The maximum atomic E-state index is 13.0. The minimum Gasteiger partial charge on any atom is -0.323 e. The highest BCUT2D eigenvalue weighted by molar-refractivity contribution is 6.10. The van der Waals surface area contributed by atoms with Crippen LogP contribution in [0.3, 0.4) is 0 Å². The Morgan fingerprint density at radius 2 is 2.18 bits per heavy atom. The van der Waals surface area contributed by atoms with E-state index < -0.39 is 17.5 Å². The molecule has 2 aliphatic rings. The predicted molar refractivity (Wildman–Crippen MR) is 102 cm³/mol. The second-order valence-electron chi connectivity index (χ2n) is 7.79. The standard InChI is InChI=1S/C19H24N6O3/c1-11-6-4-5-7-19(11)17(27)25(18(28)22-19)10-15(26)21-13-8-14-12(2)23-24(3)16(14)20-9-13/h8-9,11H,4-7,10H2,1-3H3,(H,21,26)(H,22,28). The van der Waals surface area contributed by atoms with Crippen molar-refractivity contribution in [1.29, 1.82) is 0 Å². The molecule has 1 saturated carbocycles. The molecule has 3 heterocycles. The van der Waals surface area contributed by atoms with E-state index >= 15 is 0 Å². The molecular formula is C19H24N6O3.